The highest BCUT2D eigenvalue weighted by Gasteiger charge is 2.20. The van der Waals surface area contributed by atoms with E-state index in [0.717, 1.165) is 6.20 Å². The van der Waals surface area contributed by atoms with Crippen molar-refractivity contribution >= 4 is 21.7 Å². The molecule has 0 unspecified atom stereocenters. The Morgan fingerprint density at radius 2 is 1.57 bits per heavy atom. The second-order valence-corrected chi connectivity index (χ2v) is 6.01. The highest BCUT2D eigenvalue weighted by Crippen LogP contribution is 2.43. The first kappa shape index (κ1) is 17.8. The Morgan fingerprint density at radius 1 is 0.893 bits per heavy atom. The molecule has 4 aromatic rings. The molecule has 4 rings (SSSR count). The van der Waals surface area contributed by atoms with Crippen molar-refractivity contribution in [2.45, 2.75) is 0 Å². The van der Waals surface area contributed by atoms with Gasteiger partial charge in [0.1, 0.15) is 28.8 Å². The van der Waals surface area contributed by atoms with Gasteiger partial charge in [0.2, 0.25) is 0 Å². The number of aromatic nitrogens is 1. The van der Waals surface area contributed by atoms with Crippen molar-refractivity contribution in [2.24, 2.45) is 0 Å². The van der Waals surface area contributed by atoms with Crippen molar-refractivity contribution in [3.8, 4) is 28.7 Å². The zero-order valence-electron chi connectivity index (χ0n) is 15.4. The Hall–Kier alpha value is -3.61. The summed E-state index contributed by atoms with van der Waals surface area (Å²) in [6, 6.07) is 9.10. The topological polar surface area (TPSA) is 70.8 Å². The van der Waals surface area contributed by atoms with Crippen LogP contribution < -0.4 is 19.6 Å². The van der Waals surface area contributed by atoms with Crippen LogP contribution in [0.1, 0.15) is 0 Å². The molecule has 2 aromatic carbocycles. The van der Waals surface area contributed by atoms with Gasteiger partial charge in [0.15, 0.2) is 16.8 Å². The molecule has 0 aliphatic carbocycles. The van der Waals surface area contributed by atoms with E-state index >= 15 is 0 Å². The van der Waals surface area contributed by atoms with E-state index in [1.807, 2.05) is 0 Å². The normalized spacial score (nSPS) is 11.0. The maximum Gasteiger partial charge on any atom is 0.193 e. The van der Waals surface area contributed by atoms with E-state index in [1.54, 1.807) is 25.3 Å². The molecule has 6 nitrogen and oxygen atoms in total. The first-order valence-electron chi connectivity index (χ1n) is 8.39. The van der Waals surface area contributed by atoms with Crippen molar-refractivity contribution in [1.82, 2.24) is 4.98 Å². The number of ether oxygens (including phenoxy) is 3. The minimum Gasteiger partial charge on any atom is -0.496 e. The van der Waals surface area contributed by atoms with Gasteiger partial charge >= 0.3 is 0 Å². The number of halogens is 1. The van der Waals surface area contributed by atoms with E-state index in [4.69, 9.17) is 18.6 Å². The summed E-state index contributed by atoms with van der Waals surface area (Å²) in [6.45, 7) is 0. The van der Waals surface area contributed by atoms with Crippen molar-refractivity contribution in [3.05, 3.63) is 58.6 Å². The lowest BCUT2D eigenvalue weighted by molar-refractivity contribution is 0.400. The number of pyridine rings is 1. The number of hydrogen-bond acceptors (Lipinski definition) is 6. The molecule has 142 valence electrons. The van der Waals surface area contributed by atoms with E-state index in [9.17, 15) is 9.18 Å². The molecule has 0 aliphatic heterocycles. The molecule has 0 N–H and O–H groups in total. The Balaban J connectivity index is 2.17. The summed E-state index contributed by atoms with van der Waals surface area (Å²) in [5.41, 5.74) is 0.360. The quantitative estimate of drug-likeness (QED) is 0.494. The number of hydrogen-bond donors (Lipinski definition) is 0. The first-order valence-corrected chi connectivity index (χ1v) is 8.39. The predicted molar refractivity (Wildman–Crippen MR) is 103 cm³/mol. The standard InChI is InChI=1S/C21H16FNO5/c1-25-15-6-7-16(26-2)20-19(15)18(27-3)8-12-14(24)9-17(28-21(12)20)13-5-4-11(22)10-23-13/h4-10H,1-3H3. The van der Waals surface area contributed by atoms with Crippen molar-refractivity contribution in [1.29, 1.82) is 0 Å². The van der Waals surface area contributed by atoms with Crippen LogP contribution in [0.25, 0.3) is 33.2 Å². The van der Waals surface area contributed by atoms with Crippen LogP contribution in [0.2, 0.25) is 0 Å². The molecule has 0 atom stereocenters. The van der Waals surface area contributed by atoms with Crippen LogP contribution in [0.3, 0.4) is 0 Å². The summed E-state index contributed by atoms with van der Waals surface area (Å²) in [5.74, 6) is 1.23. The van der Waals surface area contributed by atoms with E-state index < -0.39 is 5.82 Å². The fourth-order valence-corrected chi connectivity index (χ4v) is 3.21. The van der Waals surface area contributed by atoms with Gasteiger partial charge in [0, 0.05) is 6.07 Å². The minimum absolute atomic E-state index is 0.217. The SMILES string of the molecule is COc1ccc(OC)c2c1c(OC)cc1c(=O)cc(-c3ccc(F)cn3)oc12. The van der Waals surface area contributed by atoms with Gasteiger partial charge in [-0.15, -0.1) is 0 Å². The molecular weight excluding hydrogens is 365 g/mol. The van der Waals surface area contributed by atoms with E-state index in [-0.39, 0.29) is 11.2 Å². The molecule has 0 amide bonds. The van der Waals surface area contributed by atoms with Gasteiger partial charge < -0.3 is 18.6 Å². The van der Waals surface area contributed by atoms with E-state index in [2.05, 4.69) is 4.98 Å². The third kappa shape index (κ3) is 2.72. The van der Waals surface area contributed by atoms with Gasteiger partial charge in [0.05, 0.1) is 43.7 Å². The molecule has 0 bridgehead atoms. The van der Waals surface area contributed by atoms with Crippen LogP contribution >= 0.6 is 0 Å². The van der Waals surface area contributed by atoms with Crippen molar-refractivity contribution in [3.63, 3.8) is 0 Å². The lowest BCUT2D eigenvalue weighted by Gasteiger charge is -2.15. The van der Waals surface area contributed by atoms with Crippen LogP contribution in [0.5, 0.6) is 17.2 Å². The lowest BCUT2D eigenvalue weighted by atomic mass is 10.0. The van der Waals surface area contributed by atoms with Crippen LogP contribution in [0.4, 0.5) is 4.39 Å². The fourth-order valence-electron chi connectivity index (χ4n) is 3.21. The largest absolute Gasteiger partial charge is 0.496 e. The molecule has 0 radical (unpaired) electrons. The minimum atomic E-state index is -0.478. The second kappa shape index (κ2) is 6.84. The number of fused-ring (bicyclic) bond motifs is 3. The summed E-state index contributed by atoms with van der Waals surface area (Å²) in [6.07, 6.45) is 1.06. The summed E-state index contributed by atoms with van der Waals surface area (Å²) in [4.78, 5) is 16.8. The Labute approximate surface area is 159 Å². The molecule has 2 aromatic heterocycles. The molecule has 0 spiro atoms. The molecule has 0 saturated carbocycles. The monoisotopic (exact) mass is 381 g/mol. The third-order valence-electron chi connectivity index (χ3n) is 4.50. The molecule has 28 heavy (non-hydrogen) atoms. The number of nitrogens with zero attached hydrogens (tertiary/aromatic N) is 1. The average molecular weight is 381 g/mol. The van der Waals surface area contributed by atoms with E-state index in [1.165, 1.54) is 32.4 Å². The fraction of sp³-hybridized carbons (Fsp3) is 0.143. The van der Waals surface area contributed by atoms with Gasteiger partial charge in [-0.25, -0.2) is 9.37 Å². The summed E-state index contributed by atoms with van der Waals surface area (Å²) < 4.78 is 35.7. The van der Waals surface area contributed by atoms with Gasteiger partial charge in [0.25, 0.3) is 0 Å². The number of rotatable bonds is 4. The highest BCUT2D eigenvalue weighted by atomic mass is 19.1. The summed E-state index contributed by atoms with van der Waals surface area (Å²) >= 11 is 0. The van der Waals surface area contributed by atoms with Crippen LogP contribution in [-0.2, 0) is 0 Å². The maximum atomic E-state index is 13.2. The van der Waals surface area contributed by atoms with E-state index in [0.29, 0.717) is 44.7 Å². The third-order valence-corrected chi connectivity index (χ3v) is 4.50. The smallest absolute Gasteiger partial charge is 0.193 e. The highest BCUT2D eigenvalue weighted by molar-refractivity contribution is 6.13. The first-order chi connectivity index (χ1) is 13.6. The van der Waals surface area contributed by atoms with Gasteiger partial charge in [-0.1, -0.05) is 0 Å². The van der Waals surface area contributed by atoms with Crippen molar-refractivity contribution < 1.29 is 23.0 Å². The molecule has 2 heterocycles. The Bertz CT molecular complexity index is 1250. The zero-order chi connectivity index (χ0) is 19.8. The molecule has 7 heteroatoms. The molecular formula is C21H16FNO5. The molecule has 0 saturated heterocycles. The zero-order valence-corrected chi connectivity index (χ0v) is 15.4. The van der Waals surface area contributed by atoms with Crippen LogP contribution in [0, 0.1) is 5.82 Å². The molecule has 0 fully saturated rings. The average Bonchev–Trinajstić information content (AvgIpc) is 2.72. The number of benzene rings is 2. The predicted octanol–water partition coefficient (Wildman–Crippen LogP) is 4.17. The van der Waals surface area contributed by atoms with Crippen molar-refractivity contribution in [2.75, 3.05) is 21.3 Å². The number of methoxy groups -OCH3 is 3. The lowest BCUT2D eigenvalue weighted by Crippen LogP contribution is -2.03. The Morgan fingerprint density at radius 3 is 2.18 bits per heavy atom. The van der Waals surface area contributed by atoms with Crippen LogP contribution in [0.15, 0.2) is 51.8 Å². The van der Waals surface area contributed by atoms with Gasteiger partial charge in [-0.05, 0) is 30.3 Å². The summed E-state index contributed by atoms with van der Waals surface area (Å²) in [7, 11) is 4.58. The van der Waals surface area contributed by atoms with Crippen LogP contribution in [-0.4, -0.2) is 26.3 Å². The Kier molecular flexibility index (Phi) is 4.35. The van der Waals surface area contributed by atoms with Gasteiger partial charge in [-0.3, -0.25) is 4.79 Å². The summed E-state index contributed by atoms with van der Waals surface area (Å²) in [5, 5.41) is 1.48. The second-order valence-electron chi connectivity index (χ2n) is 6.01. The van der Waals surface area contributed by atoms with Gasteiger partial charge in [-0.2, -0.15) is 0 Å². The molecule has 0 aliphatic rings. The maximum absolute atomic E-state index is 13.2.